The number of ether oxygens (including phenoxy) is 1. The van der Waals surface area contributed by atoms with Crippen LogP contribution < -0.4 is 9.64 Å². The highest BCUT2D eigenvalue weighted by Gasteiger charge is 2.29. The van der Waals surface area contributed by atoms with Crippen molar-refractivity contribution >= 4 is 17.4 Å². The Balaban J connectivity index is 1.12. The molecule has 0 radical (unpaired) electrons. The van der Waals surface area contributed by atoms with E-state index >= 15 is 0 Å². The molecule has 1 N–H and O–H groups in total. The maximum atomic E-state index is 12.1. The fourth-order valence-corrected chi connectivity index (χ4v) is 5.01. The molecule has 0 spiro atoms. The number of likely N-dealkylation sites (N-methyl/N-ethyl adjacent to an activating group) is 1. The third-order valence-corrected chi connectivity index (χ3v) is 7.28. The molecular weight excluding hydrogens is 446 g/mol. The summed E-state index contributed by atoms with van der Waals surface area (Å²) >= 11 is 0. The fraction of sp³-hybridized carbons (Fsp3) is 0.520. The largest absolute Gasteiger partial charge is 0.492 e. The van der Waals surface area contributed by atoms with E-state index in [0.717, 1.165) is 57.1 Å². The molecular formula is C25H33N7O3. The summed E-state index contributed by atoms with van der Waals surface area (Å²) in [6.45, 7) is 6.58. The van der Waals surface area contributed by atoms with Crippen LogP contribution in [0.4, 0.5) is 5.82 Å². The maximum absolute atomic E-state index is 12.1. The smallest absolute Gasteiger partial charge is 0.239 e. The summed E-state index contributed by atoms with van der Waals surface area (Å²) in [5.74, 6) is 2.88. The normalized spacial score (nSPS) is 20.1. The van der Waals surface area contributed by atoms with E-state index in [9.17, 15) is 9.90 Å². The van der Waals surface area contributed by atoms with Crippen LogP contribution in [0, 0.1) is 0 Å². The van der Waals surface area contributed by atoms with Crippen molar-refractivity contribution in [3.8, 4) is 5.75 Å². The van der Waals surface area contributed by atoms with Gasteiger partial charge < -0.3 is 19.6 Å². The van der Waals surface area contributed by atoms with Crippen molar-refractivity contribution in [2.45, 2.75) is 38.3 Å². The molecule has 3 aromatic rings. The van der Waals surface area contributed by atoms with Crippen LogP contribution in [-0.4, -0.2) is 93.0 Å². The van der Waals surface area contributed by atoms with Crippen molar-refractivity contribution in [1.82, 2.24) is 29.6 Å². The second-order valence-electron chi connectivity index (χ2n) is 9.39. The number of carbonyl (C=O) groups excluding carboxylic acids is 1. The number of piperidine rings is 1. The van der Waals surface area contributed by atoms with Crippen LogP contribution >= 0.6 is 0 Å². The molecule has 2 aliphatic rings. The van der Waals surface area contributed by atoms with Crippen molar-refractivity contribution in [3.05, 3.63) is 47.8 Å². The van der Waals surface area contributed by atoms with E-state index in [4.69, 9.17) is 4.74 Å². The summed E-state index contributed by atoms with van der Waals surface area (Å²) in [6, 6.07) is 12.2. The molecule has 0 bridgehead atoms. The number of aliphatic hydroxyl groups is 1. The van der Waals surface area contributed by atoms with E-state index in [2.05, 4.69) is 49.4 Å². The lowest BCUT2D eigenvalue weighted by molar-refractivity contribution is -0.139. The van der Waals surface area contributed by atoms with E-state index in [1.807, 2.05) is 26.1 Å². The minimum Gasteiger partial charge on any atom is -0.492 e. The minimum atomic E-state index is -0.186. The monoisotopic (exact) mass is 479 g/mol. The number of aromatic nitrogens is 4. The number of carbonyl (C=O) groups is 1. The van der Waals surface area contributed by atoms with Gasteiger partial charge in [0.25, 0.3) is 0 Å². The molecule has 1 atom stereocenters. The molecule has 0 aliphatic carbocycles. The predicted octanol–water partition coefficient (Wildman–Crippen LogP) is 1.54. The molecule has 0 saturated carbocycles. The number of benzene rings is 1. The van der Waals surface area contributed by atoms with E-state index in [-0.39, 0.29) is 18.6 Å². The second-order valence-corrected chi connectivity index (χ2v) is 9.39. The topological polar surface area (TPSA) is 99.3 Å². The van der Waals surface area contributed by atoms with Gasteiger partial charge in [-0.25, -0.2) is 0 Å². The third-order valence-electron chi connectivity index (χ3n) is 7.28. The number of hydrogen-bond acceptors (Lipinski definition) is 8. The zero-order valence-electron chi connectivity index (χ0n) is 20.4. The molecule has 2 aliphatic heterocycles. The Morgan fingerprint density at radius 3 is 2.54 bits per heavy atom. The number of fused-ring (bicyclic) bond motifs is 1. The lowest BCUT2D eigenvalue weighted by atomic mass is 9.89. The summed E-state index contributed by atoms with van der Waals surface area (Å²) in [7, 11) is 1.86. The Morgan fingerprint density at radius 1 is 1.03 bits per heavy atom. The Labute approximate surface area is 205 Å². The van der Waals surface area contributed by atoms with Gasteiger partial charge in [-0.15, -0.1) is 15.3 Å². The van der Waals surface area contributed by atoms with Gasteiger partial charge in [-0.05, 0) is 55.5 Å². The van der Waals surface area contributed by atoms with E-state index in [0.29, 0.717) is 24.0 Å². The van der Waals surface area contributed by atoms with Gasteiger partial charge in [-0.1, -0.05) is 12.1 Å². The standard InChI is InChI=1S/C25H33N7O3/c1-18-25(34)29(2)13-14-30(18)15-16-35-21-5-3-19(4-6-21)20-9-11-31(12-10-20)23-8-7-22-26-27-24(17-33)32(22)28-23/h3-8,18,20,33H,9-17H2,1-2H3/t18-/m1/s1. The number of rotatable bonds is 7. The van der Waals surface area contributed by atoms with Gasteiger partial charge in [0.15, 0.2) is 11.5 Å². The molecule has 2 fully saturated rings. The molecule has 186 valence electrons. The number of nitrogens with zero attached hydrogens (tertiary/aromatic N) is 7. The van der Waals surface area contributed by atoms with Crippen molar-refractivity contribution in [2.75, 3.05) is 51.3 Å². The quantitative estimate of drug-likeness (QED) is 0.545. The Hall–Kier alpha value is -3.24. The zero-order valence-corrected chi connectivity index (χ0v) is 20.4. The van der Waals surface area contributed by atoms with Gasteiger partial charge in [0.1, 0.15) is 24.8 Å². The van der Waals surface area contributed by atoms with Crippen LogP contribution in [0.15, 0.2) is 36.4 Å². The average Bonchev–Trinajstić information content (AvgIpc) is 3.31. The molecule has 0 unspecified atom stereocenters. The average molecular weight is 480 g/mol. The highest BCUT2D eigenvalue weighted by Crippen LogP contribution is 2.31. The summed E-state index contributed by atoms with van der Waals surface area (Å²) in [6.07, 6.45) is 2.09. The van der Waals surface area contributed by atoms with Gasteiger partial charge in [0.2, 0.25) is 5.91 Å². The first-order valence-electron chi connectivity index (χ1n) is 12.3. The Kier molecular flexibility index (Phi) is 6.83. The van der Waals surface area contributed by atoms with Crippen LogP contribution in [0.5, 0.6) is 5.75 Å². The fourth-order valence-electron chi connectivity index (χ4n) is 5.01. The first-order chi connectivity index (χ1) is 17.0. The molecule has 5 rings (SSSR count). The Bertz CT molecular complexity index is 1160. The molecule has 1 amide bonds. The predicted molar refractivity (Wildman–Crippen MR) is 132 cm³/mol. The van der Waals surface area contributed by atoms with Crippen LogP contribution in [0.25, 0.3) is 5.65 Å². The van der Waals surface area contributed by atoms with Crippen molar-refractivity contribution in [2.24, 2.45) is 0 Å². The van der Waals surface area contributed by atoms with E-state index in [1.165, 1.54) is 5.56 Å². The second kappa shape index (κ2) is 10.2. The zero-order chi connectivity index (χ0) is 24.4. The van der Waals surface area contributed by atoms with Crippen LogP contribution in [0.2, 0.25) is 0 Å². The molecule has 2 aromatic heterocycles. The third kappa shape index (κ3) is 4.94. The molecule has 10 heteroatoms. The lowest BCUT2D eigenvalue weighted by Gasteiger charge is -2.37. The summed E-state index contributed by atoms with van der Waals surface area (Å²) < 4.78 is 7.58. The molecule has 35 heavy (non-hydrogen) atoms. The van der Waals surface area contributed by atoms with Crippen LogP contribution in [-0.2, 0) is 11.4 Å². The molecule has 4 heterocycles. The number of amides is 1. The molecule has 10 nitrogen and oxygen atoms in total. The van der Waals surface area contributed by atoms with E-state index in [1.54, 1.807) is 9.42 Å². The van der Waals surface area contributed by atoms with Crippen molar-refractivity contribution in [1.29, 1.82) is 0 Å². The number of piperazine rings is 1. The summed E-state index contributed by atoms with van der Waals surface area (Å²) in [5.41, 5.74) is 1.97. The van der Waals surface area contributed by atoms with E-state index < -0.39 is 0 Å². The van der Waals surface area contributed by atoms with Gasteiger partial charge in [0.05, 0.1) is 6.04 Å². The Morgan fingerprint density at radius 2 is 1.80 bits per heavy atom. The molecule has 2 saturated heterocycles. The number of anilines is 1. The van der Waals surface area contributed by atoms with Crippen molar-refractivity contribution in [3.63, 3.8) is 0 Å². The summed E-state index contributed by atoms with van der Waals surface area (Å²) in [5, 5.41) is 22.1. The molecule has 1 aromatic carbocycles. The lowest BCUT2D eigenvalue weighted by Crippen LogP contribution is -2.55. The summed E-state index contributed by atoms with van der Waals surface area (Å²) in [4.78, 5) is 18.4. The maximum Gasteiger partial charge on any atom is 0.239 e. The van der Waals surface area contributed by atoms with Gasteiger partial charge in [-0.3, -0.25) is 9.69 Å². The highest BCUT2D eigenvalue weighted by molar-refractivity contribution is 5.81. The SMILES string of the molecule is C[C@@H]1C(=O)N(C)CCN1CCOc1ccc(C2CCN(c3ccc4nnc(CO)n4n3)CC2)cc1. The van der Waals surface area contributed by atoms with Gasteiger partial charge in [0, 0.05) is 39.8 Å². The number of aliphatic hydroxyl groups excluding tert-OH is 1. The van der Waals surface area contributed by atoms with Gasteiger partial charge in [-0.2, -0.15) is 4.52 Å². The highest BCUT2D eigenvalue weighted by atomic mass is 16.5. The first kappa shape index (κ1) is 23.5. The minimum absolute atomic E-state index is 0.0870. The number of hydrogen-bond donors (Lipinski definition) is 1. The first-order valence-corrected chi connectivity index (χ1v) is 12.3. The van der Waals surface area contributed by atoms with Crippen LogP contribution in [0.3, 0.4) is 0 Å². The van der Waals surface area contributed by atoms with Crippen LogP contribution in [0.1, 0.15) is 37.1 Å². The van der Waals surface area contributed by atoms with Crippen molar-refractivity contribution < 1.29 is 14.6 Å². The van der Waals surface area contributed by atoms with Gasteiger partial charge >= 0.3 is 0 Å².